The van der Waals surface area contributed by atoms with E-state index in [1.165, 1.54) is 26.2 Å². The molecule has 0 spiro atoms. The summed E-state index contributed by atoms with van der Waals surface area (Å²) in [4.78, 5) is 28.2. The van der Waals surface area contributed by atoms with Gasteiger partial charge in [0.25, 0.3) is 0 Å². The molecule has 4 rings (SSSR count). The molecule has 0 aliphatic heterocycles. The number of ketones is 1. The van der Waals surface area contributed by atoms with Crippen molar-refractivity contribution in [2.45, 2.75) is 30.8 Å². The Balaban J connectivity index is 1.64. The largest absolute Gasteiger partial charge is 0.462 e. The third kappa shape index (κ3) is 3.99. The zero-order valence-corrected chi connectivity index (χ0v) is 20.8. The molecule has 0 amide bonds. The second-order valence-electron chi connectivity index (χ2n) is 7.68. The van der Waals surface area contributed by atoms with Gasteiger partial charge in [-0.3, -0.25) is 4.79 Å². The van der Waals surface area contributed by atoms with Crippen LogP contribution in [0.3, 0.4) is 0 Å². The number of sulfonamides is 1. The molecule has 0 saturated carbocycles. The van der Waals surface area contributed by atoms with Gasteiger partial charge in [-0.1, -0.05) is 16.9 Å². The van der Waals surface area contributed by atoms with Crippen molar-refractivity contribution in [3.8, 4) is 0 Å². The van der Waals surface area contributed by atoms with Gasteiger partial charge >= 0.3 is 11.8 Å². The summed E-state index contributed by atoms with van der Waals surface area (Å²) in [5.41, 5.74) is 2.67. The Kier molecular flexibility index (Phi) is 6.27. The van der Waals surface area contributed by atoms with E-state index in [0.717, 1.165) is 16.1 Å². The number of ether oxygens (including phenoxy) is 1. The molecule has 3 aromatic heterocycles. The highest BCUT2D eigenvalue weighted by Crippen LogP contribution is 2.29. The van der Waals surface area contributed by atoms with E-state index in [2.05, 4.69) is 15.2 Å². The number of oxazole rings is 1. The monoisotopic (exact) mass is 505 g/mol. The lowest BCUT2D eigenvalue weighted by Gasteiger charge is -2.10. The van der Waals surface area contributed by atoms with E-state index in [0.29, 0.717) is 38.8 Å². The number of hydrogen-bond donors (Lipinski definition) is 1. The molecule has 180 valence electrons. The van der Waals surface area contributed by atoms with Crippen LogP contribution in [-0.4, -0.2) is 70.5 Å². The lowest BCUT2D eigenvalue weighted by Crippen LogP contribution is -2.22. The fraction of sp³-hybridized carbons (Fsp3) is 0.333. The lowest BCUT2D eigenvalue weighted by atomic mass is 10.1. The van der Waals surface area contributed by atoms with Crippen molar-refractivity contribution in [2.75, 3.05) is 26.5 Å². The number of thioether (sulfide) groups is 1. The Bertz CT molecular complexity index is 1530. The van der Waals surface area contributed by atoms with Crippen LogP contribution in [0.2, 0.25) is 0 Å². The number of benzene rings is 1. The molecule has 0 unspecified atom stereocenters. The summed E-state index contributed by atoms with van der Waals surface area (Å²) in [6.07, 6.45) is 0. The SMILES string of the molecule is CCOC(=O)c1c(C)[nH]c(C(=O)CSc2nnc3oc4ccc(S(=O)(=O)N(C)C)cc4n23)c1C. The van der Waals surface area contributed by atoms with E-state index in [1.807, 2.05) is 0 Å². The van der Waals surface area contributed by atoms with E-state index < -0.39 is 16.0 Å². The summed E-state index contributed by atoms with van der Waals surface area (Å²) in [6.45, 7) is 5.36. The second kappa shape index (κ2) is 8.89. The van der Waals surface area contributed by atoms with Crippen molar-refractivity contribution in [3.05, 3.63) is 40.7 Å². The Morgan fingerprint density at radius 3 is 2.65 bits per heavy atom. The van der Waals surface area contributed by atoms with E-state index in [-0.39, 0.29) is 28.9 Å². The fourth-order valence-electron chi connectivity index (χ4n) is 3.59. The summed E-state index contributed by atoms with van der Waals surface area (Å²) in [6, 6.07) is 4.50. The summed E-state index contributed by atoms with van der Waals surface area (Å²) in [5.74, 6) is -0.526. The zero-order chi connectivity index (χ0) is 24.8. The highest BCUT2D eigenvalue weighted by molar-refractivity contribution is 7.99. The molecule has 1 aromatic carbocycles. The minimum atomic E-state index is -3.66. The maximum atomic E-state index is 12.9. The average molecular weight is 506 g/mol. The molecule has 0 aliphatic rings. The number of Topliss-reactive ketones (excluding diaryl/α,β-unsaturated/α-hetero) is 1. The molecule has 0 saturated heterocycles. The minimum absolute atomic E-state index is 0.00616. The van der Waals surface area contributed by atoms with Gasteiger partial charge in [0.1, 0.15) is 0 Å². The second-order valence-corrected chi connectivity index (χ2v) is 10.8. The fourth-order valence-corrected chi connectivity index (χ4v) is 5.32. The summed E-state index contributed by atoms with van der Waals surface area (Å²) < 4.78 is 38.5. The third-order valence-corrected chi connectivity index (χ3v) is 8.02. The number of carbonyl (C=O) groups excluding carboxylic acids is 2. The van der Waals surface area contributed by atoms with Gasteiger partial charge in [0.2, 0.25) is 10.0 Å². The molecule has 0 fully saturated rings. The molecule has 0 aliphatic carbocycles. The molecular weight excluding hydrogens is 482 g/mol. The van der Waals surface area contributed by atoms with Crippen molar-refractivity contribution in [1.29, 1.82) is 0 Å². The van der Waals surface area contributed by atoms with Crippen LogP contribution in [0.15, 0.2) is 32.7 Å². The van der Waals surface area contributed by atoms with Crippen LogP contribution in [0.25, 0.3) is 16.9 Å². The van der Waals surface area contributed by atoms with Crippen molar-refractivity contribution < 1.29 is 27.2 Å². The minimum Gasteiger partial charge on any atom is -0.462 e. The maximum absolute atomic E-state index is 12.9. The van der Waals surface area contributed by atoms with Crippen molar-refractivity contribution in [1.82, 2.24) is 23.9 Å². The highest BCUT2D eigenvalue weighted by Gasteiger charge is 2.25. The van der Waals surface area contributed by atoms with Crippen LogP contribution < -0.4 is 0 Å². The zero-order valence-electron chi connectivity index (χ0n) is 19.2. The van der Waals surface area contributed by atoms with Crippen LogP contribution in [0, 0.1) is 13.8 Å². The molecule has 3 heterocycles. The van der Waals surface area contributed by atoms with Crippen molar-refractivity contribution >= 4 is 50.5 Å². The molecule has 4 aromatic rings. The standard InChI is InChI=1S/C21H23N5O6S2/c1-6-31-19(28)17-11(2)18(22-12(17)3)15(27)10-33-21-24-23-20-26(21)14-9-13(7-8-16(14)32-20)34(29,30)25(4)5/h7-9,22H,6,10H2,1-5H3. The summed E-state index contributed by atoms with van der Waals surface area (Å²) in [7, 11) is -0.751. The molecule has 1 N–H and O–H groups in total. The quantitative estimate of drug-likeness (QED) is 0.217. The number of aromatic nitrogens is 4. The Labute approximate surface area is 199 Å². The number of carbonyl (C=O) groups is 2. The first-order valence-electron chi connectivity index (χ1n) is 10.3. The number of hydrogen-bond acceptors (Lipinski definition) is 9. The molecule has 0 bridgehead atoms. The number of fused-ring (bicyclic) bond motifs is 3. The number of aromatic amines is 1. The summed E-state index contributed by atoms with van der Waals surface area (Å²) in [5, 5.41) is 8.45. The molecule has 34 heavy (non-hydrogen) atoms. The van der Waals surface area contributed by atoms with Gasteiger partial charge in [0.15, 0.2) is 16.5 Å². The van der Waals surface area contributed by atoms with Gasteiger partial charge in [0.05, 0.1) is 34.0 Å². The van der Waals surface area contributed by atoms with Crippen LogP contribution in [0.4, 0.5) is 0 Å². The summed E-state index contributed by atoms with van der Waals surface area (Å²) >= 11 is 1.12. The predicted molar refractivity (Wildman–Crippen MR) is 125 cm³/mol. The first-order valence-corrected chi connectivity index (χ1v) is 12.7. The van der Waals surface area contributed by atoms with Gasteiger partial charge in [-0.25, -0.2) is 21.9 Å². The number of H-pyrrole nitrogens is 1. The normalized spacial score (nSPS) is 12.2. The average Bonchev–Trinajstić information content (AvgIpc) is 3.43. The van der Waals surface area contributed by atoms with Gasteiger partial charge in [-0.15, -0.1) is 5.10 Å². The van der Waals surface area contributed by atoms with E-state index >= 15 is 0 Å². The van der Waals surface area contributed by atoms with Gasteiger partial charge < -0.3 is 14.1 Å². The third-order valence-electron chi connectivity index (χ3n) is 5.28. The van der Waals surface area contributed by atoms with E-state index in [4.69, 9.17) is 9.15 Å². The first-order chi connectivity index (χ1) is 16.1. The number of nitrogens with one attached hydrogen (secondary N) is 1. The Morgan fingerprint density at radius 1 is 1.24 bits per heavy atom. The smallest absolute Gasteiger partial charge is 0.340 e. The van der Waals surface area contributed by atoms with Gasteiger partial charge in [-0.2, -0.15) is 0 Å². The number of rotatable bonds is 8. The highest BCUT2D eigenvalue weighted by atomic mass is 32.2. The number of esters is 1. The predicted octanol–water partition coefficient (Wildman–Crippen LogP) is 2.82. The molecule has 13 heteroatoms. The van der Waals surface area contributed by atoms with Crippen LogP contribution in [-0.2, 0) is 14.8 Å². The number of nitrogens with zero attached hydrogens (tertiary/aromatic N) is 4. The molecule has 0 atom stereocenters. The molecular formula is C21H23N5O6S2. The Morgan fingerprint density at radius 2 is 1.97 bits per heavy atom. The van der Waals surface area contributed by atoms with E-state index in [9.17, 15) is 18.0 Å². The first kappa shape index (κ1) is 24.0. The molecule has 11 nitrogen and oxygen atoms in total. The van der Waals surface area contributed by atoms with Crippen molar-refractivity contribution in [2.24, 2.45) is 0 Å². The van der Waals surface area contributed by atoms with E-state index in [1.54, 1.807) is 31.2 Å². The number of aryl methyl sites for hydroxylation is 1. The van der Waals surface area contributed by atoms with Crippen LogP contribution in [0.1, 0.15) is 39.0 Å². The topological polar surface area (TPSA) is 140 Å². The van der Waals surface area contributed by atoms with Gasteiger partial charge in [0, 0.05) is 19.8 Å². The van der Waals surface area contributed by atoms with Crippen LogP contribution in [0.5, 0.6) is 0 Å². The molecule has 0 radical (unpaired) electrons. The lowest BCUT2D eigenvalue weighted by molar-refractivity contribution is 0.0525. The maximum Gasteiger partial charge on any atom is 0.340 e. The van der Waals surface area contributed by atoms with Crippen LogP contribution >= 0.6 is 11.8 Å². The van der Waals surface area contributed by atoms with Crippen molar-refractivity contribution in [3.63, 3.8) is 0 Å². The Hall–Kier alpha value is -3.16. The van der Waals surface area contributed by atoms with Gasteiger partial charge in [-0.05, 0) is 44.5 Å².